The van der Waals surface area contributed by atoms with Crippen LogP contribution in [0.5, 0.6) is 0 Å². The van der Waals surface area contributed by atoms with Crippen LogP contribution in [0.15, 0.2) is 5.10 Å². The second kappa shape index (κ2) is 4.49. The molecular formula is C5H13N3S. The van der Waals surface area contributed by atoms with Gasteiger partial charge < -0.3 is 11.6 Å². The standard InChI is InChI=1S/C5H13N3S/c1-4(2)3-9-5(6)8-7/h4H,3,7H2,1-2H3,(H2,6,8). The zero-order chi connectivity index (χ0) is 7.28. The molecule has 0 atom stereocenters. The first-order chi connectivity index (χ1) is 4.16. The molecule has 3 nitrogen and oxygen atoms in total. The predicted molar refractivity (Wildman–Crippen MR) is 43.1 cm³/mol. The molecule has 0 heterocycles. The molecule has 0 spiro atoms. The van der Waals surface area contributed by atoms with Crippen molar-refractivity contribution in [2.75, 3.05) is 5.75 Å². The summed E-state index contributed by atoms with van der Waals surface area (Å²) in [7, 11) is 0. The van der Waals surface area contributed by atoms with Crippen molar-refractivity contribution in [2.24, 2.45) is 22.6 Å². The van der Waals surface area contributed by atoms with Crippen molar-refractivity contribution in [3.8, 4) is 0 Å². The Labute approximate surface area is 59.9 Å². The van der Waals surface area contributed by atoms with E-state index in [-0.39, 0.29) is 0 Å². The van der Waals surface area contributed by atoms with Gasteiger partial charge in [0.25, 0.3) is 0 Å². The lowest BCUT2D eigenvalue weighted by atomic mass is 10.3. The monoisotopic (exact) mass is 147 g/mol. The molecule has 54 valence electrons. The highest BCUT2D eigenvalue weighted by atomic mass is 32.2. The summed E-state index contributed by atoms with van der Waals surface area (Å²) in [6.07, 6.45) is 0. The van der Waals surface area contributed by atoms with Crippen LogP contribution in [0.2, 0.25) is 0 Å². The number of thioether (sulfide) groups is 1. The average molecular weight is 147 g/mol. The Morgan fingerprint density at radius 3 is 2.56 bits per heavy atom. The molecule has 0 bridgehead atoms. The molecule has 0 fully saturated rings. The molecule has 0 aliphatic carbocycles. The molecule has 4 heteroatoms. The van der Waals surface area contributed by atoms with Gasteiger partial charge in [-0.3, -0.25) is 0 Å². The lowest BCUT2D eigenvalue weighted by molar-refractivity contribution is 0.752. The van der Waals surface area contributed by atoms with Gasteiger partial charge >= 0.3 is 0 Å². The molecule has 0 aromatic heterocycles. The molecule has 0 amide bonds. The Hall–Kier alpha value is -0.380. The molecule has 0 aromatic rings. The van der Waals surface area contributed by atoms with E-state index in [1.54, 1.807) is 0 Å². The third kappa shape index (κ3) is 5.49. The molecule has 0 aliphatic rings. The summed E-state index contributed by atoms with van der Waals surface area (Å²) in [4.78, 5) is 0. The number of nitrogens with zero attached hydrogens (tertiary/aromatic N) is 1. The van der Waals surface area contributed by atoms with Crippen LogP contribution in [0.25, 0.3) is 0 Å². The van der Waals surface area contributed by atoms with Gasteiger partial charge in [-0.2, -0.15) is 5.10 Å². The van der Waals surface area contributed by atoms with Gasteiger partial charge in [0.1, 0.15) is 0 Å². The first-order valence-electron chi connectivity index (χ1n) is 2.83. The van der Waals surface area contributed by atoms with Gasteiger partial charge in [0, 0.05) is 5.75 Å². The minimum Gasteiger partial charge on any atom is -0.377 e. The molecule has 4 N–H and O–H groups in total. The Morgan fingerprint density at radius 1 is 1.67 bits per heavy atom. The van der Waals surface area contributed by atoms with Gasteiger partial charge in [-0.25, -0.2) is 0 Å². The first kappa shape index (κ1) is 8.62. The van der Waals surface area contributed by atoms with Gasteiger partial charge in [0.15, 0.2) is 5.17 Å². The minimum atomic E-state index is 0.462. The summed E-state index contributed by atoms with van der Waals surface area (Å²) in [5.74, 6) is 6.51. The van der Waals surface area contributed by atoms with Gasteiger partial charge in [-0.1, -0.05) is 25.6 Å². The second-order valence-corrected chi connectivity index (χ2v) is 3.21. The highest BCUT2D eigenvalue weighted by molar-refractivity contribution is 8.13. The summed E-state index contributed by atoms with van der Waals surface area (Å²) in [6, 6.07) is 0. The highest BCUT2D eigenvalue weighted by Gasteiger charge is 1.95. The molecule has 9 heavy (non-hydrogen) atoms. The van der Waals surface area contributed by atoms with E-state index in [0.29, 0.717) is 11.1 Å². The smallest absolute Gasteiger partial charge is 0.177 e. The van der Waals surface area contributed by atoms with Crippen molar-refractivity contribution in [1.29, 1.82) is 0 Å². The van der Waals surface area contributed by atoms with E-state index in [1.807, 2.05) is 0 Å². The molecule has 0 saturated heterocycles. The summed E-state index contributed by atoms with van der Waals surface area (Å²) in [6.45, 7) is 4.24. The molecule has 0 rings (SSSR count). The number of amidine groups is 1. The first-order valence-corrected chi connectivity index (χ1v) is 3.81. The Morgan fingerprint density at radius 2 is 2.22 bits per heavy atom. The van der Waals surface area contributed by atoms with Gasteiger partial charge in [-0.05, 0) is 5.92 Å². The van der Waals surface area contributed by atoms with E-state index >= 15 is 0 Å². The fraction of sp³-hybridized carbons (Fsp3) is 0.800. The number of hydrogen-bond donors (Lipinski definition) is 2. The van der Waals surface area contributed by atoms with Crippen molar-refractivity contribution >= 4 is 16.9 Å². The third-order valence-electron chi connectivity index (χ3n) is 0.692. The number of nitrogens with two attached hydrogens (primary N) is 2. The molecule has 0 radical (unpaired) electrons. The Kier molecular flexibility index (Phi) is 4.30. The predicted octanol–water partition coefficient (Wildman–Crippen LogP) is 0.564. The van der Waals surface area contributed by atoms with Crippen LogP contribution >= 0.6 is 11.8 Å². The van der Waals surface area contributed by atoms with E-state index in [0.717, 1.165) is 5.75 Å². The van der Waals surface area contributed by atoms with Crippen LogP contribution in [-0.2, 0) is 0 Å². The Balaban J connectivity index is 3.28. The van der Waals surface area contributed by atoms with Crippen molar-refractivity contribution in [3.63, 3.8) is 0 Å². The van der Waals surface area contributed by atoms with E-state index in [2.05, 4.69) is 18.9 Å². The number of hydrazone groups is 1. The fourth-order valence-electron chi connectivity index (χ4n) is 0.289. The van der Waals surface area contributed by atoms with Crippen LogP contribution in [0.4, 0.5) is 0 Å². The highest BCUT2D eigenvalue weighted by Crippen LogP contribution is 2.05. The van der Waals surface area contributed by atoms with E-state index in [1.165, 1.54) is 11.8 Å². The SMILES string of the molecule is CC(C)CS/C(N)=N/N. The fourth-order valence-corrected chi connectivity index (χ4v) is 0.868. The van der Waals surface area contributed by atoms with Crippen LogP contribution in [0.3, 0.4) is 0 Å². The van der Waals surface area contributed by atoms with Crippen LogP contribution in [-0.4, -0.2) is 10.9 Å². The van der Waals surface area contributed by atoms with Crippen molar-refractivity contribution in [3.05, 3.63) is 0 Å². The van der Waals surface area contributed by atoms with Gasteiger partial charge in [0.2, 0.25) is 0 Å². The lowest BCUT2D eigenvalue weighted by Gasteiger charge is -2.00. The summed E-state index contributed by atoms with van der Waals surface area (Å²) in [5, 5.41) is 3.78. The van der Waals surface area contributed by atoms with E-state index in [4.69, 9.17) is 11.6 Å². The summed E-state index contributed by atoms with van der Waals surface area (Å²) >= 11 is 1.49. The van der Waals surface area contributed by atoms with Crippen molar-refractivity contribution in [1.82, 2.24) is 0 Å². The van der Waals surface area contributed by atoms with Crippen LogP contribution in [0, 0.1) is 5.92 Å². The minimum absolute atomic E-state index is 0.462. The van der Waals surface area contributed by atoms with Crippen LogP contribution in [0.1, 0.15) is 13.8 Å². The molecule has 0 saturated carbocycles. The van der Waals surface area contributed by atoms with E-state index < -0.39 is 0 Å². The molecular weight excluding hydrogens is 134 g/mol. The third-order valence-corrected chi connectivity index (χ3v) is 1.93. The van der Waals surface area contributed by atoms with Crippen molar-refractivity contribution in [2.45, 2.75) is 13.8 Å². The lowest BCUT2D eigenvalue weighted by Crippen LogP contribution is -2.11. The maximum absolute atomic E-state index is 5.31. The van der Waals surface area contributed by atoms with Crippen LogP contribution < -0.4 is 11.6 Å². The van der Waals surface area contributed by atoms with Gasteiger partial charge in [0.05, 0.1) is 0 Å². The largest absolute Gasteiger partial charge is 0.377 e. The molecule has 0 aromatic carbocycles. The Bertz CT molecular complexity index is 100. The zero-order valence-electron chi connectivity index (χ0n) is 5.79. The summed E-state index contributed by atoms with van der Waals surface area (Å²) < 4.78 is 0. The van der Waals surface area contributed by atoms with Gasteiger partial charge in [-0.15, -0.1) is 0 Å². The maximum atomic E-state index is 5.31. The normalized spacial score (nSPS) is 12.6. The average Bonchev–Trinajstić information content (AvgIpc) is 1.83. The summed E-state index contributed by atoms with van der Waals surface area (Å²) in [5.41, 5.74) is 5.31. The number of hydrogen-bond acceptors (Lipinski definition) is 3. The quantitative estimate of drug-likeness (QED) is 0.260. The topological polar surface area (TPSA) is 64.4 Å². The van der Waals surface area contributed by atoms with E-state index in [9.17, 15) is 0 Å². The molecule has 0 aliphatic heterocycles. The molecule has 0 unspecified atom stereocenters. The zero-order valence-corrected chi connectivity index (χ0v) is 6.61. The maximum Gasteiger partial charge on any atom is 0.177 e. The number of rotatable bonds is 2. The van der Waals surface area contributed by atoms with Crippen molar-refractivity contribution < 1.29 is 0 Å². The second-order valence-electron chi connectivity index (χ2n) is 2.17.